The summed E-state index contributed by atoms with van der Waals surface area (Å²) in [5.41, 5.74) is 0. The smallest absolute Gasteiger partial charge is 0.222 e. The summed E-state index contributed by atoms with van der Waals surface area (Å²) in [6.07, 6.45) is 9.19. The highest BCUT2D eigenvalue weighted by atomic mass is 16.3. The summed E-state index contributed by atoms with van der Waals surface area (Å²) >= 11 is 0. The Morgan fingerprint density at radius 3 is 2.29 bits per heavy atom. The van der Waals surface area contributed by atoms with E-state index in [1.807, 2.05) is 4.90 Å². The van der Waals surface area contributed by atoms with Crippen LogP contribution in [0.3, 0.4) is 0 Å². The van der Waals surface area contributed by atoms with E-state index in [4.69, 9.17) is 5.11 Å². The van der Waals surface area contributed by atoms with Crippen molar-refractivity contribution in [1.82, 2.24) is 4.90 Å². The van der Waals surface area contributed by atoms with Crippen molar-refractivity contribution in [1.29, 1.82) is 0 Å². The summed E-state index contributed by atoms with van der Waals surface area (Å²) in [7, 11) is 0. The van der Waals surface area contributed by atoms with Gasteiger partial charge in [0.1, 0.15) is 0 Å². The molecular weight excluding hydrogens is 214 g/mol. The molecule has 0 bridgehead atoms. The second kappa shape index (κ2) is 6.39. The second-order valence-electron chi connectivity index (χ2n) is 5.70. The lowest BCUT2D eigenvalue weighted by molar-refractivity contribution is -0.133. The van der Waals surface area contributed by atoms with E-state index in [1.165, 1.54) is 25.7 Å². The fraction of sp³-hybridized carbons (Fsp3) is 0.929. The van der Waals surface area contributed by atoms with Gasteiger partial charge in [-0.25, -0.2) is 0 Å². The number of hydrogen-bond donors (Lipinski definition) is 1. The first-order valence-electron chi connectivity index (χ1n) is 7.18. The number of carbonyl (C=O) groups is 1. The monoisotopic (exact) mass is 239 g/mol. The number of aliphatic hydroxyl groups is 1. The molecule has 0 atom stereocenters. The van der Waals surface area contributed by atoms with Gasteiger partial charge >= 0.3 is 0 Å². The average molecular weight is 239 g/mol. The van der Waals surface area contributed by atoms with Crippen LogP contribution in [0.2, 0.25) is 0 Å². The third kappa shape index (κ3) is 3.70. The molecule has 3 heteroatoms. The van der Waals surface area contributed by atoms with Gasteiger partial charge in [-0.05, 0) is 31.1 Å². The molecule has 1 saturated heterocycles. The van der Waals surface area contributed by atoms with E-state index in [0.717, 1.165) is 44.7 Å². The molecule has 2 aliphatic rings. The van der Waals surface area contributed by atoms with Gasteiger partial charge in [-0.1, -0.05) is 25.7 Å². The van der Waals surface area contributed by atoms with Gasteiger partial charge in [0.2, 0.25) is 5.91 Å². The zero-order valence-corrected chi connectivity index (χ0v) is 10.7. The maximum absolute atomic E-state index is 12.0. The van der Waals surface area contributed by atoms with Gasteiger partial charge in [-0.15, -0.1) is 0 Å². The van der Waals surface area contributed by atoms with Crippen LogP contribution in [0.1, 0.15) is 51.4 Å². The summed E-state index contributed by atoms with van der Waals surface area (Å²) in [6, 6.07) is 0. The lowest BCUT2D eigenvalue weighted by Crippen LogP contribution is -2.39. The molecule has 1 aliphatic heterocycles. The maximum Gasteiger partial charge on any atom is 0.222 e. The molecule has 1 heterocycles. The standard InChI is InChI=1S/C14H25NO2/c16-11-13-7-9-15(10-8-13)14(17)6-5-12-3-1-2-4-12/h12-13,16H,1-11H2. The second-order valence-corrected chi connectivity index (χ2v) is 5.70. The van der Waals surface area contributed by atoms with Gasteiger partial charge in [0, 0.05) is 26.1 Å². The van der Waals surface area contributed by atoms with Crippen LogP contribution in [0.15, 0.2) is 0 Å². The van der Waals surface area contributed by atoms with Crippen molar-refractivity contribution in [3.05, 3.63) is 0 Å². The van der Waals surface area contributed by atoms with Crippen molar-refractivity contribution in [3.63, 3.8) is 0 Å². The molecule has 0 unspecified atom stereocenters. The van der Waals surface area contributed by atoms with Crippen molar-refractivity contribution >= 4 is 5.91 Å². The van der Waals surface area contributed by atoms with Crippen LogP contribution in [0, 0.1) is 11.8 Å². The van der Waals surface area contributed by atoms with E-state index in [0.29, 0.717) is 11.8 Å². The Morgan fingerprint density at radius 2 is 1.71 bits per heavy atom. The zero-order chi connectivity index (χ0) is 12.1. The van der Waals surface area contributed by atoms with Crippen LogP contribution in [0.4, 0.5) is 0 Å². The van der Waals surface area contributed by atoms with Crippen molar-refractivity contribution < 1.29 is 9.90 Å². The molecule has 2 rings (SSSR count). The Balaban J connectivity index is 1.66. The van der Waals surface area contributed by atoms with Crippen LogP contribution in [0.5, 0.6) is 0 Å². The SMILES string of the molecule is O=C(CCC1CCCC1)N1CCC(CO)CC1. The lowest BCUT2D eigenvalue weighted by atomic mass is 9.96. The Labute approximate surface area is 104 Å². The lowest BCUT2D eigenvalue weighted by Gasteiger charge is -2.31. The number of amides is 1. The minimum Gasteiger partial charge on any atom is -0.396 e. The first-order valence-corrected chi connectivity index (χ1v) is 7.18. The fourth-order valence-corrected chi connectivity index (χ4v) is 3.15. The van der Waals surface area contributed by atoms with Crippen molar-refractivity contribution in [2.45, 2.75) is 51.4 Å². The van der Waals surface area contributed by atoms with E-state index in [9.17, 15) is 4.79 Å². The molecule has 1 saturated carbocycles. The first kappa shape index (κ1) is 12.9. The minimum atomic E-state index is 0.282. The quantitative estimate of drug-likeness (QED) is 0.817. The van der Waals surface area contributed by atoms with Crippen molar-refractivity contribution in [3.8, 4) is 0 Å². The highest BCUT2D eigenvalue weighted by Crippen LogP contribution is 2.29. The topological polar surface area (TPSA) is 40.5 Å². The third-order valence-corrected chi connectivity index (χ3v) is 4.47. The van der Waals surface area contributed by atoms with E-state index in [1.54, 1.807) is 0 Å². The Bertz CT molecular complexity index is 241. The van der Waals surface area contributed by atoms with E-state index in [-0.39, 0.29) is 6.61 Å². The first-order chi connectivity index (χ1) is 8.29. The number of carbonyl (C=O) groups excluding carboxylic acids is 1. The van der Waals surface area contributed by atoms with Gasteiger partial charge in [0.05, 0.1) is 0 Å². The molecule has 0 radical (unpaired) electrons. The van der Waals surface area contributed by atoms with E-state index >= 15 is 0 Å². The number of hydrogen-bond acceptors (Lipinski definition) is 2. The average Bonchev–Trinajstić information content (AvgIpc) is 2.89. The van der Waals surface area contributed by atoms with Crippen molar-refractivity contribution in [2.24, 2.45) is 11.8 Å². The third-order valence-electron chi connectivity index (χ3n) is 4.47. The number of piperidine rings is 1. The number of nitrogens with zero attached hydrogens (tertiary/aromatic N) is 1. The van der Waals surface area contributed by atoms with Crippen LogP contribution in [-0.4, -0.2) is 35.6 Å². The largest absolute Gasteiger partial charge is 0.396 e. The summed E-state index contributed by atoms with van der Waals surface area (Å²) in [6.45, 7) is 1.99. The summed E-state index contributed by atoms with van der Waals surface area (Å²) in [5, 5.41) is 9.06. The van der Waals surface area contributed by atoms with Crippen LogP contribution in [-0.2, 0) is 4.79 Å². The van der Waals surface area contributed by atoms with Gasteiger partial charge in [-0.2, -0.15) is 0 Å². The predicted molar refractivity (Wildman–Crippen MR) is 67.6 cm³/mol. The minimum absolute atomic E-state index is 0.282. The normalized spacial score (nSPS) is 23.2. The number of rotatable bonds is 4. The molecule has 1 aliphatic carbocycles. The van der Waals surface area contributed by atoms with Gasteiger partial charge < -0.3 is 10.0 Å². The van der Waals surface area contributed by atoms with Crippen LogP contribution in [0.25, 0.3) is 0 Å². The Hall–Kier alpha value is -0.570. The van der Waals surface area contributed by atoms with Gasteiger partial charge in [-0.3, -0.25) is 4.79 Å². The van der Waals surface area contributed by atoms with Crippen LogP contribution < -0.4 is 0 Å². The Morgan fingerprint density at radius 1 is 1.06 bits per heavy atom. The molecule has 1 N–H and O–H groups in total. The van der Waals surface area contributed by atoms with Gasteiger partial charge in [0.25, 0.3) is 0 Å². The maximum atomic E-state index is 12.0. The molecule has 0 aromatic heterocycles. The molecule has 17 heavy (non-hydrogen) atoms. The zero-order valence-electron chi connectivity index (χ0n) is 10.7. The highest BCUT2D eigenvalue weighted by molar-refractivity contribution is 5.76. The Kier molecular flexibility index (Phi) is 4.84. The fourth-order valence-electron chi connectivity index (χ4n) is 3.15. The molecule has 1 amide bonds. The van der Waals surface area contributed by atoms with Crippen LogP contribution >= 0.6 is 0 Å². The molecule has 2 fully saturated rings. The number of aliphatic hydroxyl groups excluding tert-OH is 1. The highest BCUT2D eigenvalue weighted by Gasteiger charge is 2.23. The summed E-state index contributed by atoms with van der Waals surface area (Å²) < 4.78 is 0. The predicted octanol–water partition coefficient (Wildman–Crippen LogP) is 2.19. The molecule has 98 valence electrons. The molecule has 0 spiro atoms. The molecule has 0 aromatic carbocycles. The summed E-state index contributed by atoms with van der Waals surface area (Å²) in [5.74, 6) is 1.58. The summed E-state index contributed by atoms with van der Waals surface area (Å²) in [4.78, 5) is 14.0. The molecule has 3 nitrogen and oxygen atoms in total. The van der Waals surface area contributed by atoms with E-state index in [2.05, 4.69) is 0 Å². The van der Waals surface area contributed by atoms with E-state index < -0.39 is 0 Å². The van der Waals surface area contributed by atoms with Gasteiger partial charge in [0.15, 0.2) is 0 Å². The molecular formula is C14H25NO2. The van der Waals surface area contributed by atoms with Crippen molar-refractivity contribution in [2.75, 3.05) is 19.7 Å². The number of likely N-dealkylation sites (tertiary alicyclic amines) is 1. The molecule has 0 aromatic rings.